The lowest BCUT2D eigenvalue weighted by molar-refractivity contribution is -0.131. The van der Waals surface area contributed by atoms with E-state index in [1.165, 1.54) is 0 Å². The van der Waals surface area contributed by atoms with E-state index >= 15 is 0 Å². The Labute approximate surface area is 108 Å². The van der Waals surface area contributed by atoms with Crippen LogP contribution >= 0.6 is 12.6 Å². The first-order valence-corrected chi connectivity index (χ1v) is 6.16. The van der Waals surface area contributed by atoms with Gasteiger partial charge in [0.05, 0.1) is 11.9 Å². The Morgan fingerprint density at radius 2 is 2.06 bits per heavy atom. The summed E-state index contributed by atoms with van der Waals surface area (Å²) in [5.74, 6) is 0.0363. The van der Waals surface area contributed by atoms with Crippen LogP contribution < -0.4 is 0 Å². The van der Waals surface area contributed by atoms with Gasteiger partial charge in [0.1, 0.15) is 0 Å². The number of benzene rings is 1. The van der Waals surface area contributed by atoms with Gasteiger partial charge in [0.2, 0.25) is 5.91 Å². The molecule has 4 heteroatoms. The molecule has 0 saturated carbocycles. The van der Waals surface area contributed by atoms with E-state index in [1.54, 1.807) is 18.9 Å². The summed E-state index contributed by atoms with van der Waals surface area (Å²) >= 11 is 4.19. The van der Waals surface area contributed by atoms with Crippen LogP contribution in [0.4, 0.5) is 0 Å². The van der Waals surface area contributed by atoms with Crippen molar-refractivity contribution < 1.29 is 9.53 Å². The van der Waals surface area contributed by atoms with Crippen LogP contribution in [0.15, 0.2) is 30.3 Å². The zero-order valence-electron chi connectivity index (χ0n) is 10.3. The van der Waals surface area contributed by atoms with Crippen LogP contribution in [0.2, 0.25) is 0 Å². The van der Waals surface area contributed by atoms with Crippen molar-refractivity contribution in [3.05, 3.63) is 35.9 Å². The molecule has 1 aromatic carbocycles. The molecule has 0 saturated heterocycles. The smallest absolute Gasteiger partial charge is 0.235 e. The number of nitrogens with zero attached hydrogens (tertiary/aromatic N) is 1. The lowest BCUT2D eigenvalue weighted by Gasteiger charge is -2.24. The largest absolute Gasteiger partial charge is 0.383 e. The fourth-order valence-electron chi connectivity index (χ4n) is 1.54. The van der Waals surface area contributed by atoms with E-state index in [9.17, 15) is 4.79 Å². The zero-order valence-corrected chi connectivity index (χ0v) is 11.2. The summed E-state index contributed by atoms with van der Waals surface area (Å²) < 4.78 is 5.02. The molecule has 94 valence electrons. The van der Waals surface area contributed by atoms with E-state index in [2.05, 4.69) is 12.6 Å². The van der Waals surface area contributed by atoms with Gasteiger partial charge < -0.3 is 9.64 Å². The van der Waals surface area contributed by atoms with Gasteiger partial charge in [0.25, 0.3) is 0 Å². The third-order valence-electron chi connectivity index (χ3n) is 2.45. The zero-order chi connectivity index (χ0) is 12.7. The Bertz CT molecular complexity index is 341. The van der Waals surface area contributed by atoms with Crippen molar-refractivity contribution >= 4 is 18.5 Å². The monoisotopic (exact) mass is 253 g/mol. The highest BCUT2D eigenvalue weighted by Crippen LogP contribution is 2.08. The van der Waals surface area contributed by atoms with Gasteiger partial charge in [-0.15, -0.1) is 0 Å². The van der Waals surface area contributed by atoms with Crippen LogP contribution in [0.1, 0.15) is 12.5 Å². The van der Waals surface area contributed by atoms with Crippen LogP contribution in [-0.4, -0.2) is 36.3 Å². The number of hydrogen-bond acceptors (Lipinski definition) is 3. The van der Waals surface area contributed by atoms with Crippen LogP contribution in [0.3, 0.4) is 0 Å². The maximum absolute atomic E-state index is 11.9. The SMILES string of the molecule is COCCN(Cc1ccccc1)C(=O)C(C)S. The number of amides is 1. The van der Waals surface area contributed by atoms with Crippen molar-refractivity contribution in [3.63, 3.8) is 0 Å². The lowest BCUT2D eigenvalue weighted by Crippen LogP contribution is -2.37. The Hall–Kier alpha value is -1.000. The predicted octanol–water partition coefficient (Wildman–Crippen LogP) is 1.98. The lowest BCUT2D eigenvalue weighted by atomic mass is 10.2. The molecule has 0 spiro atoms. The van der Waals surface area contributed by atoms with Gasteiger partial charge >= 0.3 is 0 Å². The molecule has 0 fully saturated rings. The van der Waals surface area contributed by atoms with Gasteiger partial charge in [-0.1, -0.05) is 30.3 Å². The highest BCUT2D eigenvalue weighted by Gasteiger charge is 2.17. The van der Waals surface area contributed by atoms with Crippen molar-refractivity contribution in [2.24, 2.45) is 0 Å². The first-order chi connectivity index (χ1) is 8.15. The van der Waals surface area contributed by atoms with E-state index in [0.717, 1.165) is 5.56 Å². The maximum atomic E-state index is 11.9. The molecule has 0 aliphatic heterocycles. The van der Waals surface area contributed by atoms with Crippen molar-refractivity contribution in [1.29, 1.82) is 0 Å². The highest BCUT2D eigenvalue weighted by atomic mass is 32.1. The Balaban J connectivity index is 2.66. The second-order valence-corrected chi connectivity index (χ2v) is 4.69. The molecule has 0 N–H and O–H groups in total. The number of hydrogen-bond donors (Lipinski definition) is 1. The summed E-state index contributed by atoms with van der Waals surface area (Å²) in [7, 11) is 1.63. The molecular formula is C13H19NO2S. The molecule has 0 heterocycles. The summed E-state index contributed by atoms with van der Waals surface area (Å²) in [6.07, 6.45) is 0. The number of thiol groups is 1. The molecule has 17 heavy (non-hydrogen) atoms. The first kappa shape index (κ1) is 14.1. The Kier molecular flexibility index (Phi) is 6.08. The van der Waals surface area contributed by atoms with Gasteiger partial charge in [-0.2, -0.15) is 12.6 Å². The van der Waals surface area contributed by atoms with Crippen LogP contribution in [-0.2, 0) is 16.1 Å². The molecule has 0 aliphatic rings. The van der Waals surface area contributed by atoms with Crippen LogP contribution in [0, 0.1) is 0 Å². The summed E-state index contributed by atoms with van der Waals surface area (Å²) in [4.78, 5) is 13.7. The van der Waals surface area contributed by atoms with E-state index in [4.69, 9.17) is 4.74 Å². The van der Waals surface area contributed by atoms with Gasteiger partial charge in [-0.05, 0) is 12.5 Å². The minimum atomic E-state index is -0.282. The van der Waals surface area contributed by atoms with E-state index in [-0.39, 0.29) is 11.2 Å². The van der Waals surface area contributed by atoms with E-state index < -0.39 is 0 Å². The summed E-state index contributed by atoms with van der Waals surface area (Å²) in [5.41, 5.74) is 1.12. The molecule has 0 aliphatic carbocycles. The normalized spacial score (nSPS) is 12.2. The molecule has 1 aromatic rings. The van der Waals surface area contributed by atoms with Gasteiger partial charge in [-0.25, -0.2) is 0 Å². The standard InChI is InChI=1S/C13H19NO2S/c1-11(17)13(15)14(8-9-16-2)10-12-6-4-3-5-7-12/h3-7,11,17H,8-10H2,1-2H3. The minimum absolute atomic E-state index is 0.0363. The molecule has 0 aromatic heterocycles. The van der Waals surface area contributed by atoms with Crippen LogP contribution in [0.25, 0.3) is 0 Å². The third-order valence-corrected chi connectivity index (χ3v) is 2.67. The molecular weight excluding hydrogens is 234 g/mol. The van der Waals surface area contributed by atoms with Gasteiger partial charge in [0, 0.05) is 20.2 Å². The molecule has 1 amide bonds. The van der Waals surface area contributed by atoms with Crippen molar-refractivity contribution in [2.75, 3.05) is 20.3 Å². The average molecular weight is 253 g/mol. The second kappa shape index (κ2) is 7.35. The predicted molar refractivity (Wildman–Crippen MR) is 72.2 cm³/mol. The first-order valence-electron chi connectivity index (χ1n) is 5.65. The highest BCUT2D eigenvalue weighted by molar-refractivity contribution is 7.81. The fraction of sp³-hybridized carbons (Fsp3) is 0.462. The summed E-state index contributed by atoms with van der Waals surface area (Å²) in [5, 5.41) is -0.282. The molecule has 1 atom stereocenters. The number of rotatable bonds is 6. The Morgan fingerprint density at radius 3 is 2.59 bits per heavy atom. The third kappa shape index (κ3) is 4.79. The fourth-order valence-corrected chi connectivity index (χ4v) is 1.70. The van der Waals surface area contributed by atoms with Gasteiger partial charge in [0.15, 0.2) is 0 Å². The van der Waals surface area contributed by atoms with Gasteiger partial charge in [-0.3, -0.25) is 4.79 Å². The molecule has 1 unspecified atom stereocenters. The van der Waals surface area contributed by atoms with E-state index in [1.807, 2.05) is 30.3 Å². The number of carbonyl (C=O) groups excluding carboxylic acids is 1. The number of carbonyl (C=O) groups is 1. The molecule has 1 rings (SSSR count). The van der Waals surface area contributed by atoms with Crippen molar-refractivity contribution in [2.45, 2.75) is 18.7 Å². The summed E-state index contributed by atoms with van der Waals surface area (Å²) in [6, 6.07) is 9.93. The number of ether oxygens (including phenoxy) is 1. The molecule has 0 bridgehead atoms. The second-order valence-electron chi connectivity index (χ2n) is 3.91. The molecule has 0 radical (unpaired) electrons. The average Bonchev–Trinajstić information content (AvgIpc) is 2.34. The van der Waals surface area contributed by atoms with Crippen molar-refractivity contribution in [3.8, 4) is 0 Å². The quantitative estimate of drug-likeness (QED) is 0.786. The topological polar surface area (TPSA) is 29.5 Å². The maximum Gasteiger partial charge on any atom is 0.235 e. The van der Waals surface area contributed by atoms with E-state index in [0.29, 0.717) is 19.7 Å². The minimum Gasteiger partial charge on any atom is -0.383 e. The Morgan fingerprint density at radius 1 is 1.41 bits per heavy atom. The summed E-state index contributed by atoms with van der Waals surface area (Å²) in [6.45, 7) is 3.53. The van der Waals surface area contributed by atoms with Crippen LogP contribution in [0.5, 0.6) is 0 Å². The van der Waals surface area contributed by atoms with Crippen molar-refractivity contribution in [1.82, 2.24) is 4.90 Å². The molecule has 3 nitrogen and oxygen atoms in total. The number of methoxy groups -OCH3 is 1.